The van der Waals surface area contributed by atoms with Crippen LogP contribution in [0.1, 0.15) is 18.8 Å². The number of hydrogen-bond donors (Lipinski definition) is 1. The van der Waals surface area contributed by atoms with Crippen molar-refractivity contribution >= 4 is 21.6 Å². The minimum atomic E-state index is -1.76. The van der Waals surface area contributed by atoms with E-state index < -0.39 is 12.2 Å². The van der Waals surface area contributed by atoms with Gasteiger partial charge < -0.3 is 5.73 Å². The van der Waals surface area contributed by atoms with E-state index in [2.05, 4.69) is 0 Å². The van der Waals surface area contributed by atoms with Crippen LogP contribution in [-0.2, 0) is 0 Å². The Labute approximate surface area is 64.8 Å². The van der Waals surface area contributed by atoms with E-state index >= 15 is 0 Å². The van der Waals surface area contributed by atoms with Gasteiger partial charge in [0.25, 0.3) is 0 Å². The first-order valence-electron chi connectivity index (χ1n) is 4.50. The molecular formula is C5H13NS2. The van der Waals surface area contributed by atoms with Gasteiger partial charge in [-0.2, -0.15) is 0 Å². The maximum atomic E-state index is 7.32. The van der Waals surface area contributed by atoms with E-state index in [1.54, 1.807) is 0 Å². The molecule has 0 bridgehead atoms. The molecule has 0 aromatic carbocycles. The molecule has 3 heteroatoms. The Balaban J connectivity index is 3.75. The molecule has 0 saturated heterocycles. The highest BCUT2D eigenvalue weighted by Crippen LogP contribution is 2.20. The third kappa shape index (κ3) is 6.66. The first kappa shape index (κ1) is 3.74. The summed E-state index contributed by atoms with van der Waals surface area (Å²) >= 11 is 0. The van der Waals surface area contributed by atoms with Crippen molar-refractivity contribution in [2.45, 2.75) is 13.3 Å². The Morgan fingerprint density at radius 2 is 2.38 bits per heavy atom. The Bertz CT molecular complexity index is 133. The van der Waals surface area contributed by atoms with Gasteiger partial charge in [0.2, 0.25) is 0 Å². The number of hydrogen-bond acceptors (Lipinski definition) is 3. The average molecular weight is 155 g/mol. The van der Waals surface area contributed by atoms with Crippen LogP contribution in [0.2, 0.25) is 0 Å². The van der Waals surface area contributed by atoms with Gasteiger partial charge in [-0.3, -0.25) is 0 Å². The predicted octanol–water partition coefficient (Wildman–Crippen LogP) is 1.74. The second kappa shape index (κ2) is 7.66. The minimum absolute atomic E-state index is 0.344. The maximum absolute atomic E-state index is 7.32. The van der Waals surface area contributed by atoms with Crippen molar-refractivity contribution in [3.63, 3.8) is 0 Å². The lowest BCUT2D eigenvalue weighted by Gasteiger charge is -1.93. The van der Waals surface area contributed by atoms with E-state index in [4.69, 9.17) is 11.2 Å². The zero-order chi connectivity index (χ0) is 9.78. The van der Waals surface area contributed by atoms with Gasteiger partial charge in [0, 0.05) is 23.4 Å². The first-order chi connectivity index (χ1) is 5.40. The molecule has 0 aromatic heterocycles. The monoisotopic (exact) mass is 155 g/mol. The molecule has 8 heavy (non-hydrogen) atoms. The summed E-state index contributed by atoms with van der Waals surface area (Å²) in [6.07, 6.45) is 0.668. The summed E-state index contributed by atoms with van der Waals surface area (Å²) in [4.78, 5) is 0. The van der Waals surface area contributed by atoms with Gasteiger partial charge in [0.05, 0.1) is 0 Å². The molecule has 0 aromatic rings. The summed E-state index contributed by atoms with van der Waals surface area (Å²) in [5.41, 5.74) is 2.99. The molecule has 0 saturated carbocycles. The van der Waals surface area contributed by atoms with Crippen molar-refractivity contribution in [3.8, 4) is 0 Å². The van der Waals surface area contributed by atoms with E-state index in [9.17, 15) is 0 Å². The van der Waals surface area contributed by atoms with Gasteiger partial charge >= 0.3 is 0 Å². The van der Waals surface area contributed by atoms with Gasteiger partial charge in [-0.25, -0.2) is 0 Å². The van der Waals surface area contributed by atoms with Crippen molar-refractivity contribution in [2.24, 2.45) is 5.73 Å². The third-order valence-corrected chi connectivity index (χ3v) is 2.18. The van der Waals surface area contributed by atoms with Gasteiger partial charge in [0.15, 0.2) is 0 Å². The number of rotatable bonds is 5. The van der Waals surface area contributed by atoms with Gasteiger partial charge in [-0.15, -0.1) is 0 Å². The van der Waals surface area contributed by atoms with Crippen molar-refractivity contribution in [2.75, 3.05) is 18.0 Å². The highest BCUT2D eigenvalue weighted by molar-refractivity contribution is 8.76. The molecule has 50 valence electrons. The standard InChI is InChI=1S/C5H13NS2/c1-2-4-7-8-5-3-6/h2-6H2,1H3/i3D,4D,5D2. The molecular weight excluding hydrogens is 138 g/mol. The topological polar surface area (TPSA) is 26.0 Å². The normalized spacial score (nSPS) is 26.8. The van der Waals surface area contributed by atoms with E-state index in [-0.39, 0.29) is 5.73 Å². The smallest absolute Gasteiger partial charge is 0.0434 e. The Morgan fingerprint density at radius 1 is 1.62 bits per heavy atom. The summed E-state index contributed by atoms with van der Waals surface area (Å²) in [5.74, 6) is 0. The average Bonchev–Trinajstić information content (AvgIpc) is 2.00. The highest BCUT2D eigenvalue weighted by atomic mass is 33.1. The van der Waals surface area contributed by atoms with Crippen LogP contribution in [0.15, 0.2) is 0 Å². The molecule has 0 aliphatic heterocycles. The second-order valence-corrected chi connectivity index (χ2v) is 3.04. The van der Waals surface area contributed by atoms with Crippen LogP contribution in [-0.4, -0.2) is 18.0 Å². The van der Waals surface area contributed by atoms with Crippen molar-refractivity contribution in [1.29, 1.82) is 0 Å². The SMILES string of the molecule is [2H]C(CC)SSC([2H])([2H])C([2H])N. The van der Waals surface area contributed by atoms with E-state index in [1.165, 1.54) is 0 Å². The Kier molecular flexibility index (Phi) is 3.58. The zero-order valence-corrected chi connectivity index (χ0v) is 6.39. The molecule has 1 nitrogen and oxygen atoms in total. The van der Waals surface area contributed by atoms with Gasteiger partial charge in [-0.1, -0.05) is 28.5 Å². The maximum Gasteiger partial charge on any atom is 0.0434 e. The zero-order valence-electron chi connectivity index (χ0n) is 8.76. The second-order valence-electron chi connectivity index (χ2n) is 1.04. The van der Waals surface area contributed by atoms with Crippen LogP contribution in [0.5, 0.6) is 0 Å². The lowest BCUT2D eigenvalue weighted by molar-refractivity contribution is 1.11. The molecule has 0 radical (unpaired) electrons. The molecule has 2 unspecified atom stereocenters. The highest BCUT2D eigenvalue weighted by Gasteiger charge is 1.83. The first-order valence-corrected chi connectivity index (χ1v) is 4.56. The molecule has 0 aliphatic rings. The van der Waals surface area contributed by atoms with Crippen molar-refractivity contribution in [1.82, 2.24) is 0 Å². The van der Waals surface area contributed by atoms with Crippen molar-refractivity contribution < 1.29 is 5.48 Å². The summed E-state index contributed by atoms with van der Waals surface area (Å²) < 4.78 is 28.8. The fourth-order valence-corrected chi connectivity index (χ4v) is 1.42. The summed E-state index contributed by atoms with van der Waals surface area (Å²) in [6.45, 7) is 0.612. The summed E-state index contributed by atoms with van der Waals surface area (Å²) in [5, 5.41) is 0. The third-order valence-electron chi connectivity index (χ3n) is 0.399. The Morgan fingerprint density at radius 3 is 2.88 bits per heavy atom. The largest absolute Gasteiger partial charge is 0.330 e. The predicted molar refractivity (Wildman–Crippen MR) is 44.3 cm³/mol. The lowest BCUT2D eigenvalue weighted by Crippen LogP contribution is -1.99. The van der Waals surface area contributed by atoms with Crippen LogP contribution >= 0.6 is 21.6 Å². The Hall–Kier alpha value is 0.660. The molecule has 0 heterocycles. The number of nitrogens with two attached hydrogens (primary N) is 1. The molecule has 0 fully saturated rings. The fourth-order valence-electron chi connectivity index (χ4n) is 0.158. The van der Waals surface area contributed by atoms with E-state index in [0.717, 1.165) is 21.6 Å². The van der Waals surface area contributed by atoms with Crippen LogP contribution in [0.25, 0.3) is 0 Å². The van der Waals surface area contributed by atoms with Crippen LogP contribution in [0.3, 0.4) is 0 Å². The van der Waals surface area contributed by atoms with Crippen LogP contribution < -0.4 is 5.73 Å². The molecule has 0 rings (SSSR count). The van der Waals surface area contributed by atoms with Gasteiger partial charge in [-0.05, 0) is 6.42 Å². The molecule has 0 aliphatic carbocycles. The van der Waals surface area contributed by atoms with Crippen LogP contribution in [0.4, 0.5) is 0 Å². The molecule has 0 spiro atoms. The summed E-state index contributed by atoms with van der Waals surface area (Å²) in [7, 11) is 1.99. The minimum Gasteiger partial charge on any atom is -0.330 e. The van der Waals surface area contributed by atoms with Crippen LogP contribution in [0, 0.1) is 0 Å². The van der Waals surface area contributed by atoms with Gasteiger partial charge in [0.1, 0.15) is 0 Å². The molecule has 2 N–H and O–H groups in total. The lowest BCUT2D eigenvalue weighted by atomic mass is 10.6. The van der Waals surface area contributed by atoms with Crippen molar-refractivity contribution in [3.05, 3.63) is 0 Å². The molecule has 0 amide bonds. The molecule has 2 atom stereocenters. The quantitative estimate of drug-likeness (QED) is 0.612. The van der Waals surface area contributed by atoms with E-state index in [0.29, 0.717) is 6.42 Å². The van der Waals surface area contributed by atoms with E-state index in [1.807, 2.05) is 6.92 Å². The summed E-state index contributed by atoms with van der Waals surface area (Å²) in [6, 6.07) is 0. The fraction of sp³-hybridized carbons (Fsp3) is 1.00.